The highest BCUT2D eigenvalue weighted by Crippen LogP contribution is 2.40. The zero-order chi connectivity index (χ0) is 31.7. The first-order valence-corrected chi connectivity index (χ1v) is 18.0. The molecule has 2 saturated carbocycles. The summed E-state index contributed by atoms with van der Waals surface area (Å²) in [6, 6.07) is 15.7. The number of unbranched alkanes of at least 4 members (excludes halogenated alkanes) is 9. The minimum atomic E-state index is -0.406. The molecule has 0 bridgehead atoms. The van der Waals surface area contributed by atoms with Crippen molar-refractivity contribution in [3.8, 4) is 22.6 Å². The largest absolute Gasteiger partial charge is 0.494 e. The van der Waals surface area contributed by atoms with Crippen molar-refractivity contribution >= 4 is 5.97 Å². The predicted molar refractivity (Wildman–Crippen MR) is 187 cm³/mol. The Labute approximate surface area is 273 Å². The molecule has 2 aliphatic carbocycles. The van der Waals surface area contributed by atoms with Crippen LogP contribution in [0.2, 0.25) is 0 Å². The molecule has 2 fully saturated rings. The predicted octanol–water partition coefficient (Wildman–Crippen LogP) is 11.4. The molecule has 0 N–H and O–H groups in total. The van der Waals surface area contributed by atoms with Gasteiger partial charge in [0.2, 0.25) is 0 Å². The Morgan fingerprint density at radius 3 is 1.64 bits per heavy atom. The minimum absolute atomic E-state index is 0.386. The molecule has 0 radical (unpaired) electrons. The number of benzene rings is 2. The Balaban J connectivity index is 0.924. The highest BCUT2D eigenvalue weighted by Gasteiger charge is 2.29. The minimum Gasteiger partial charge on any atom is -0.494 e. The first kappa shape index (κ1) is 35.0. The summed E-state index contributed by atoms with van der Waals surface area (Å²) < 4.78 is 17.5. The van der Waals surface area contributed by atoms with E-state index >= 15 is 0 Å². The van der Waals surface area contributed by atoms with Gasteiger partial charge in [-0.25, -0.2) is 4.79 Å². The third-order valence-electron chi connectivity index (χ3n) is 9.88. The Hall–Kier alpha value is -2.85. The van der Waals surface area contributed by atoms with Gasteiger partial charge in [0.05, 0.1) is 12.7 Å². The Kier molecular flexibility index (Phi) is 15.3. The average Bonchev–Trinajstić information content (AvgIpc) is 3.06. The molecule has 2 aliphatic rings. The van der Waals surface area contributed by atoms with Crippen molar-refractivity contribution in [2.45, 2.75) is 129 Å². The maximum Gasteiger partial charge on any atom is 0.338 e. The Morgan fingerprint density at radius 2 is 1.11 bits per heavy atom. The number of carbonyl (C=O) groups is 1. The molecule has 4 rings (SSSR count). The zero-order valence-electron chi connectivity index (χ0n) is 28.0. The SMILES string of the molecule is C=C1CCC(C2CCC(OCCCCCCCCCCCCOc3ccc(-c4ccc(OC(=O)C(=C)C)cc4)cc3)CC2)CC1. The third-order valence-corrected chi connectivity index (χ3v) is 9.88. The number of esters is 1. The van der Waals surface area contributed by atoms with Gasteiger partial charge in [-0.1, -0.05) is 94.4 Å². The van der Waals surface area contributed by atoms with Crippen LogP contribution in [-0.2, 0) is 9.53 Å². The van der Waals surface area contributed by atoms with Crippen LogP contribution in [0.5, 0.6) is 11.5 Å². The van der Waals surface area contributed by atoms with E-state index in [4.69, 9.17) is 14.2 Å². The highest BCUT2D eigenvalue weighted by molar-refractivity contribution is 5.88. The van der Waals surface area contributed by atoms with Crippen LogP contribution in [0.4, 0.5) is 0 Å². The van der Waals surface area contributed by atoms with Gasteiger partial charge < -0.3 is 14.2 Å². The molecule has 0 aromatic heterocycles. The van der Waals surface area contributed by atoms with Crippen LogP contribution < -0.4 is 9.47 Å². The normalized spacial score (nSPS) is 18.9. The molecule has 0 saturated heterocycles. The standard InChI is InChI=1S/C41H58O4/c1-32(2)41(42)45-40-28-22-37(23-29-40)36-20-26-39(27-21-36)44-31-13-11-9-7-5-4-6-8-10-12-30-43-38-24-18-35(19-25-38)34-16-14-33(3)15-17-34/h20-23,26-29,34-35,38H,1,3-19,24-25,30-31H2,2H3. The van der Waals surface area contributed by atoms with E-state index in [0.717, 1.165) is 48.3 Å². The van der Waals surface area contributed by atoms with Crippen LogP contribution in [0.15, 0.2) is 72.8 Å². The van der Waals surface area contributed by atoms with Gasteiger partial charge in [0, 0.05) is 12.2 Å². The van der Waals surface area contributed by atoms with Gasteiger partial charge >= 0.3 is 5.97 Å². The number of carbonyl (C=O) groups excluding carboxylic acids is 1. The highest BCUT2D eigenvalue weighted by atomic mass is 16.5. The van der Waals surface area contributed by atoms with E-state index in [-0.39, 0.29) is 0 Å². The molecule has 2 aromatic carbocycles. The first-order chi connectivity index (χ1) is 22.0. The monoisotopic (exact) mass is 614 g/mol. The van der Waals surface area contributed by atoms with Crippen LogP contribution in [0.3, 0.4) is 0 Å². The van der Waals surface area contributed by atoms with Crippen molar-refractivity contribution < 1.29 is 19.0 Å². The van der Waals surface area contributed by atoms with E-state index in [1.54, 1.807) is 19.1 Å². The summed E-state index contributed by atoms with van der Waals surface area (Å²) in [5.74, 6) is 2.94. The summed E-state index contributed by atoms with van der Waals surface area (Å²) in [4.78, 5) is 11.7. The van der Waals surface area contributed by atoms with Gasteiger partial charge in [-0.15, -0.1) is 0 Å². The van der Waals surface area contributed by atoms with E-state index in [9.17, 15) is 4.79 Å². The summed E-state index contributed by atoms with van der Waals surface area (Å²) in [5.41, 5.74) is 4.03. The fourth-order valence-electron chi connectivity index (χ4n) is 6.96. The van der Waals surface area contributed by atoms with E-state index in [1.165, 1.54) is 115 Å². The lowest BCUT2D eigenvalue weighted by Crippen LogP contribution is -2.27. The van der Waals surface area contributed by atoms with E-state index in [2.05, 4.69) is 25.3 Å². The van der Waals surface area contributed by atoms with Gasteiger partial charge in [0.1, 0.15) is 11.5 Å². The molecular formula is C41H58O4. The van der Waals surface area contributed by atoms with Crippen LogP contribution in [0.25, 0.3) is 11.1 Å². The molecule has 0 atom stereocenters. The van der Waals surface area contributed by atoms with Crippen molar-refractivity contribution in [1.82, 2.24) is 0 Å². The lowest BCUT2D eigenvalue weighted by molar-refractivity contribution is -0.130. The Morgan fingerprint density at radius 1 is 0.644 bits per heavy atom. The van der Waals surface area contributed by atoms with Gasteiger partial charge in [0.15, 0.2) is 0 Å². The van der Waals surface area contributed by atoms with Gasteiger partial charge in [0.25, 0.3) is 0 Å². The van der Waals surface area contributed by atoms with Gasteiger partial charge in [-0.2, -0.15) is 0 Å². The molecule has 4 heteroatoms. The molecule has 4 nitrogen and oxygen atoms in total. The second-order valence-corrected chi connectivity index (χ2v) is 13.6. The molecule has 45 heavy (non-hydrogen) atoms. The summed E-state index contributed by atoms with van der Waals surface area (Å²) >= 11 is 0. The number of ether oxygens (including phenoxy) is 3. The zero-order valence-corrected chi connectivity index (χ0v) is 28.0. The van der Waals surface area contributed by atoms with Crippen LogP contribution in [0, 0.1) is 11.8 Å². The van der Waals surface area contributed by atoms with Crippen molar-refractivity contribution in [3.05, 3.63) is 72.8 Å². The van der Waals surface area contributed by atoms with Crippen molar-refractivity contribution in [1.29, 1.82) is 0 Å². The Bertz CT molecular complexity index is 1150. The summed E-state index contributed by atoms with van der Waals surface area (Å²) in [6.45, 7) is 11.2. The second-order valence-electron chi connectivity index (χ2n) is 13.6. The lowest BCUT2D eigenvalue weighted by atomic mass is 9.72. The van der Waals surface area contributed by atoms with Crippen molar-refractivity contribution in [2.75, 3.05) is 13.2 Å². The van der Waals surface area contributed by atoms with E-state index in [0.29, 0.717) is 17.4 Å². The number of allylic oxidation sites excluding steroid dienone is 1. The average molecular weight is 615 g/mol. The van der Waals surface area contributed by atoms with Crippen LogP contribution in [-0.4, -0.2) is 25.3 Å². The first-order valence-electron chi connectivity index (χ1n) is 18.0. The molecule has 0 amide bonds. The fraction of sp³-hybridized carbons (Fsp3) is 0.585. The molecule has 0 aliphatic heterocycles. The smallest absolute Gasteiger partial charge is 0.338 e. The molecule has 0 unspecified atom stereocenters. The van der Waals surface area contributed by atoms with Crippen molar-refractivity contribution in [2.24, 2.45) is 11.8 Å². The molecule has 0 heterocycles. The number of rotatable bonds is 19. The van der Waals surface area contributed by atoms with Crippen LogP contribution in [0.1, 0.15) is 122 Å². The second kappa shape index (κ2) is 19.6. The summed E-state index contributed by atoms with van der Waals surface area (Å²) in [7, 11) is 0. The van der Waals surface area contributed by atoms with Crippen LogP contribution >= 0.6 is 0 Å². The number of hydrogen-bond donors (Lipinski definition) is 0. The fourth-order valence-corrected chi connectivity index (χ4v) is 6.96. The molecule has 0 spiro atoms. The maximum atomic E-state index is 11.7. The van der Waals surface area contributed by atoms with Gasteiger partial charge in [-0.05, 0) is 118 Å². The van der Waals surface area contributed by atoms with Crippen molar-refractivity contribution in [3.63, 3.8) is 0 Å². The molecule has 246 valence electrons. The third kappa shape index (κ3) is 12.8. The lowest BCUT2D eigenvalue weighted by Gasteiger charge is -2.36. The van der Waals surface area contributed by atoms with Gasteiger partial charge in [-0.3, -0.25) is 0 Å². The topological polar surface area (TPSA) is 44.8 Å². The maximum absolute atomic E-state index is 11.7. The van der Waals surface area contributed by atoms with E-state index < -0.39 is 5.97 Å². The molecular weight excluding hydrogens is 556 g/mol. The quantitative estimate of drug-likeness (QED) is 0.0519. The molecule has 2 aromatic rings. The summed E-state index contributed by atoms with van der Waals surface area (Å²) in [5, 5.41) is 0. The van der Waals surface area contributed by atoms with E-state index in [1.807, 2.05) is 24.3 Å². The summed E-state index contributed by atoms with van der Waals surface area (Å²) in [6.07, 6.45) is 24.2. The number of hydrogen-bond acceptors (Lipinski definition) is 4.